The number of amides is 3. The maximum atomic E-state index is 15.4. The number of anilines is 3. The minimum absolute atomic E-state index is 0.00000643. The van der Waals surface area contributed by atoms with Gasteiger partial charge in [0, 0.05) is 36.8 Å². The van der Waals surface area contributed by atoms with Gasteiger partial charge in [0.05, 0.1) is 29.6 Å². The number of ether oxygens (including phenoxy) is 1. The maximum Gasteiger partial charge on any atom is 0.416 e. The first-order valence-corrected chi connectivity index (χ1v) is 12.6. The van der Waals surface area contributed by atoms with Crippen molar-refractivity contribution in [2.75, 3.05) is 42.6 Å². The molecule has 226 valence electrons. The molecule has 1 saturated heterocycles. The molecule has 43 heavy (non-hydrogen) atoms. The number of nitrogens with one attached hydrogen (secondary N) is 4. The summed E-state index contributed by atoms with van der Waals surface area (Å²) in [7, 11) is 0. The van der Waals surface area contributed by atoms with Crippen LogP contribution in [0.2, 0.25) is 0 Å². The Morgan fingerprint density at radius 2 is 1.77 bits per heavy atom. The van der Waals surface area contributed by atoms with E-state index < -0.39 is 52.5 Å². The third kappa shape index (κ3) is 6.31. The first-order valence-electron chi connectivity index (χ1n) is 12.6. The zero-order chi connectivity index (χ0) is 30.9. The Bertz CT molecular complexity index is 1700. The zero-order valence-electron chi connectivity index (χ0n) is 21.9. The summed E-state index contributed by atoms with van der Waals surface area (Å²) in [6.45, 7) is 1.84. The number of benzene rings is 2. The highest BCUT2D eigenvalue weighted by molar-refractivity contribution is 6.01. The second-order valence-corrected chi connectivity index (χ2v) is 9.34. The quantitative estimate of drug-likeness (QED) is 0.209. The van der Waals surface area contributed by atoms with Crippen molar-refractivity contribution in [2.24, 2.45) is 0 Å². The van der Waals surface area contributed by atoms with Gasteiger partial charge in [-0.15, -0.1) is 0 Å². The second kappa shape index (κ2) is 11.8. The van der Waals surface area contributed by atoms with Crippen LogP contribution < -0.4 is 27.0 Å². The van der Waals surface area contributed by atoms with Crippen molar-refractivity contribution >= 4 is 34.6 Å². The Labute approximate surface area is 238 Å². The summed E-state index contributed by atoms with van der Waals surface area (Å²) in [4.78, 5) is 29.2. The molecular formula is C26H22F6N8O3. The minimum Gasteiger partial charge on any atom is -0.382 e. The average Bonchev–Trinajstić information content (AvgIpc) is 3.35. The lowest BCUT2D eigenvalue weighted by molar-refractivity contribution is -0.137. The number of halogens is 6. The first kappa shape index (κ1) is 29.6. The minimum atomic E-state index is -4.81. The molecule has 1 fully saturated rings. The fourth-order valence-corrected chi connectivity index (χ4v) is 4.41. The Kier molecular flexibility index (Phi) is 8.10. The molecule has 1 unspecified atom stereocenters. The van der Waals surface area contributed by atoms with Crippen LogP contribution in [0.5, 0.6) is 0 Å². The number of rotatable bonds is 6. The van der Waals surface area contributed by atoms with Gasteiger partial charge in [-0.25, -0.2) is 27.5 Å². The number of fused-ring (bicyclic) bond motifs is 1. The van der Waals surface area contributed by atoms with Crippen molar-refractivity contribution in [3.8, 4) is 11.1 Å². The molecule has 3 heterocycles. The molecule has 0 bridgehead atoms. The number of carbonyl (C=O) groups excluding carboxylic acids is 2. The van der Waals surface area contributed by atoms with E-state index in [1.807, 2.05) is 10.6 Å². The Morgan fingerprint density at radius 3 is 2.47 bits per heavy atom. The van der Waals surface area contributed by atoms with Gasteiger partial charge in [0.1, 0.15) is 35.0 Å². The fraction of sp³-hybridized carbons (Fsp3) is 0.231. The predicted molar refractivity (Wildman–Crippen MR) is 142 cm³/mol. The molecule has 6 N–H and O–H groups in total. The lowest BCUT2D eigenvalue weighted by Gasteiger charge is -2.23. The largest absolute Gasteiger partial charge is 0.416 e. The number of hydrogen-bond acceptors (Lipinski definition) is 7. The zero-order valence-corrected chi connectivity index (χ0v) is 21.9. The van der Waals surface area contributed by atoms with Crippen LogP contribution in [-0.4, -0.2) is 58.9 Å². The number of morpholine rings is 1. The van der Waals surface area contributed by atoms with Crippen molar-refractivity contribution in [3.05, 3.63) is 71.4 Å². The molecule has 2 aromatic heterocycles. The molecule has 2 aromatic carbocycles. The van der Waals surface area contributed by atoms with Crippen LogP contribution >= 0.6 is 0 Å². The highest BCUT2D eigenvalue weighted by Gasteiger charge is 2.31. The number of carbonyl (C=O) groups is 2. The number of aromatic nitrogens is 3. The third-order valence-corrected chi connectivity index (χ3v) is 6.45. The van der Waals surface area contributed by atoms with Crippen LogP contribution in [-0.2, 0) is 10.9 Å². The molecule has 0 radical (unpaired) electrons. The number of nitrogens with zero attached hydrogens (tertiary/aromatic N) is 3. The molecule has 5 rings (SSSR count). The highest BCUT2D eigenvalue weighted by Crippen LogP contribution is 2.35. The van der Waals surface area contributed by atoms with Crippen LogP contribution in [0.4, 0.5) is 48.3 Å². The van der Waals surface area contributed by atoms with Crippen molar-refractivity contribution in [1.29, 1.82) is 0 Å². The van der Waals surface area contributed by atoms with Gasteiger partial charge in [-0.05, 0) is 30.3 Å². The van der Waals surface area contributed by atoms with Crippen LogP contribution in [0.1, 0.15) is 16.1 Å². The van der Waals surface area contributed by atoms with E-state index in [-0.39, 0.29) is 40.8 Å². The van der Waals surface area contributed by atoms with E-state index in [1.165, 1.54) is 6.07 Å². The standard InChI is InChI=1S/C26H22F6N8O3/c27-16-2-1-12(26(30,31)32)5-19(16)38-25(42)39-20-8-17(28)14(6-18(20)29)15-7-21(40-22(15)23(33)36-11-37-40)24(41)35-10-13-9-34-3-4-43-13/h1-2,5-8,11,13,34H,3-4,9-10H2,(H,35,41)(H2,33,36,37)(H2,38,39,42). The molecule has 17 heteroatoms. The topological polar surface area (TPSA) is 148 Å². The normalized spacial score (nSPS) is 15.3. The van der Waals surface area contributed by atoms with Gasteiger partial charge in [-0.1, -0.05) is 0 Å². The molecule has 1 atom stereocenters. The molecule has 11 nitrogen and oxygen atoms in total. The predicted octanol–water partition coefficient (Wildman–Crippen LogP) is 3.78. The van der Waals surface area contributed by atoms with E-state index in [0.717, 1.165) is 10.8 Å². The van der Waals surface area contributed by atoms with Crippen LogP contribution in [0.15, 0.2) is 42.7 Å². The van der Waals surface area contributed by atoms with E-state index in [1.54, 1.807) is 0 Å². The molecule has 1 aliphatic heterocycles. The highest BCUT2D eigenvalue weighted by atomic mass is 19.4. The van der Waals surface area contributed by atoms with Crippen LogP contribution in [0.25, 0.3) is 16.6 Å². The summed E-state index contributed by atoms with van der Waals surface area (Å²) in [5.41, 5.74) is 2.73. The maximum absolute atomic E-state index is 15.4. The molecule has 1 aliphatic rings. The van der Waals surface area contributed by atoms with Gasteiger partial charge in [0.2, 0.25) is 0 Å². The average molecular weight is 609 g/mol. The number of nitrogen functional groups attached to an aromatic ring is 1. The monoisotopic (exact) mass is 608 g/mol. The number of nitrogens with two attached hydrogens (primary N) is 1. The fourth-order valence-electron chi connectivity index (χ4n) is 4.41. The van der Waals surface area contributed by atoms with E-state index >= 15 is 8.78 Å². The Hall–Kier alpha value is -4.90. The van der Waals surface area contributed by atoms with E-state index in [4.69, 9.17) is 10.5 Å². The van der Waals surface area contributed by atoms with Crippen molar-refractivity contribution < 1.29 is 40.7 Å². The molecule has 0 aliphatic carbocycles. The SMILES string of the molecule is Nc1ncnn2c(C(=O)NCC3CNCCO3)cc(-c3cc(F)c(NC(=O)Nc4cc(C(F)(F)F)ccc4F)cc3F)c12. The summed E-state index contributed by atoms with van der Waals surface area (Å²) < 4.78 is 90.0. The lowest BCUT2D eigenvalue weighted by atomic mass is 10.0. The lowest BCUT2D eigenvalue weighted by Crippen LogP contribution is -2.45. The van der Waals surface area contributed by atoms with E-state index in [2.05, 4.69) is 20.7 Å². The van der Waals surface area contributed by atoms with E-state index in [9.17, 15) is 27.2 Å². The van der Waals surface area contributed by atoms with Crippen molar-refractivity contribution in [2.45, 2.75) is 12.3 Å². The number of hydrogen-bond donors (Lipinski definition) is 5. The Balaban J connectivity index is 1.40. The van der Waals surface area contributed by atoms with Gasteiger partial charge in [-0.2, -0.15) is 18.3 Å². The molecule has 0 saturated carbocycles. The summed E-state index contributed by atoms with van der Waals surface area (Å²) >= 11 is 0. The van der Waals surface area contributed by atoms with Gasteiger partial charge in [-0.3, -0.25) is 4.79 Å². The summed E-state index contributed by atoms with van der Waals surface area (Å²) in [5, 5.41) is 13.6. The van der Waals surface area contributed by atoms with Crippen molar-refractivity contribution in [3.63, 3.8) is 0 Å². The van der Waals surface area contributed by atoms with Gasteiger partial charge in [0.15, 0.2) is 5.82 Å². The smallest absolute Gasteiger partial charge is 0.382 e. The summed E-state index contributed by atoms with van der Waals surface area (Å²) in [6.07, 6.45) is -4.02. The van der Waals surface area contributed by atoms with Crippen LogP contribution in [0, 0.1) is 17.5 Å². The van der Waals surface area contributed by atoms with Gasteiger partial charge >= 0.3 is 12.2 Å². The number of urea groups is 1. The second-order valence-electron chi connectivity index (χ2n) is 9.34. The van der Waals surface area contributed by atoms with E-state index in [0.29, 0.717) is 50.0 Å². The molecule has 3 amide bonds. The van der Waals surface area contributed by atoms with Gasteiger partial charge < -0.3 is 31.7 Å². The first-order chi connectivity index (χ1) is 20.4. The molecular weight excluding hydrogens is 586 g/mol. The molecule has 4 aromatic rings. The molecule has 0 spiro atoms. The third-order valence-electron chi connectivity index (χ3n) is 6.45. The van der Waals surface area contributed by atoms with Crippen molar-refractivity contribution in [1.82, 2.24) is 25.2 Å². The van der Waals surface area contributed by atoms with Gasteiger partial charge in [0.25, 0.3) is 5.91 Å². The Morgan fingerprint density at radius 1 is 1.02 bits per heavy atom. The van der Waals surface area contributed by atoms with Crippen LogP contribution in [0.3, 0.4) is 0 Å². The number of alkyl halides is 3. The summed E-state index contributed by atoms with van der Waals surface area (Å²) in [5.74, 6) is -4.18. The summed E-state index contributed by atoms with van der Waals surface area (Å²) in [6, 6.07) is 2.54.